The van der Waals surface area contributed by atoms with Crippen LogP contribution in [-0.4, -0.2) is 20.4 Å². The van der Waals surface area contributed by atoms with Gasteiger partial charge >= 0.3 is 0 Å². The summed E-state index contributed by atoms with van der Waals surface area (Å²) >= 11 is 0. The standard InChI is InChI=1S/C11H17N3O3S/c1-7(2)10(11(12)15)14-8-3-5-9(6-4-8)18(13,16)17/h3-7,10,14H,1-2H3,(H2,12,15)(H2,13,16,17). The Labute approximate surface area is 106 Å². The molecule has 0 fully saturated rings. The maximum absolute atomic E-state index is 11.2. The van der Waals surface area contributed by atoms with E-state index in [9.17, 15) is 13.2 Å². The van der Waals surface area contributed by atoms with E-state index in [1.807, 2.05) is 13.8 Å². The summed E-state index contributed by atoms with van der Waals surface area (Å²) in [4.78, 5) is 11.2. The number of primary amides is 1. The molecule has 1 atom stereocenters. The number of primary sulfonamides is 1. The third-order valence-electron chi connectivity index (χ3n) is 2.48. The van der Waals surface area contributed by atoms with Crippen molar-refractivity contribution in [3.8, 4) is 0 Å². The third kappa shape index (κ3) is 3.71. The number of sulfonamides is 1. The third-order valence-corrected chi connectivity index (χ3v) is 3.41. The molecule has 1 rings (SSSR count). The van der Waals surface area contributed by atoms with Gasteiger partial charge in [-0.15, -0.1) is 0 Å². The Morgan fingerprint density at radius 2 is 1.72 bits per heavy atom. The number of hydrogen-bond donors (Lipinski definition) is 3. The van der Waals surface area contributed by atoms with Crippen LogP contribution >= 0.6 is 0 Å². The smallest absolute Gasteiger partial charge is 0.240 e. The van der Waals surface area contributed by atoms with Crippen LogP contribution in [0.5, 0.6) is 0 Å². The predicted octanol–water partition coefficient (Wildman–Crippen LogP) is 0.256. The number of carbonyl (C=O) groups is 1. The van der Waals surface area contributed by atoms with Crippen LogP contribution in [0.4, 0.5) is 5.69 Å². The van der Waals surface area contributed by atoms with Crippen LogP contribution in [0.15, 0.2) is 29.2 Å². The molecular formula is C11H17N3O3S. The molecule has 0 heterocycles. The largest absolute Gasteiger partial charge is 0.373 e. The Bertz CT molecular complexity index is 523. The molecule has 1 amide bonds. The Kier molecular flexibility index (Phi) is 4.31. The highest BCUT2D eigenvalue weighted by molar-refractivity contribution is 7.89. The lowest BCUT2D eigenvalue weighted by Gasteiger charge is -2.20. The summed E-state index contributed by atoms with van der Waals surface area (Å²) < 4.78 is 22.1. The average molecular weight is 271 g/mol. The predicted molar refractivity (Wildman–Crippen MR) is 69.3 cm³/mol. The highest BCUT2D eigenvalue weighted by Gasteiger charge is 2.19. The first-order valence-corrected chi connectivity index (χ1v) is 6.95. The van der Waals surface area contributed by atoms with Crippen LogP contribution in [0, 0.1) is 5.92 Å². The lowest BCUT2D eigenvalue weighted by atomic mass is 10.0. The van der Waals surface area contributed by atoms with E-state index in [2.05, 4.69) is 5.32 Å². The molecule has 0 aromatic heterocycles. The Balaban J connectivity index is 2.90. The van der Waals surface area contributed by atoms with Crippen molar-refractivity contribution >= 4 is 21.6 Å². The number of amides is 1. The number of carbonyl (C=O) groups excluding carboxylic acids is 1. The number of benzene rings is 1. The SMILES string of the molecule is CC(C)C(Nc1ccc(S(N)(=O)=O)cc1)C(N)=O. The molecule has 6 nitrogen and oxygen atoms in total. The first-order valence-electron chi connectivity index (χ1n) is 5.40. The first kappa shape index (κ1) is 14.5. The molecule has 0 saturated carbocycles. The van der Waals surface area contributed by atoms with Crippen molar-refractivity contribution in [3.05, 3.63) is 24.3 Å². The minimum Gasteiger partial charge on any atom is -0.373 e. The molecule has 1 aromatic carbocycles. The van der Waals surface area contributed by atoms with Gasteiger partial charge in [-0.05, 0) is 30.2 Å². The molecule has 0 radical (unpaired) electrons. The van der Waals surface area contributed by atoms with Gasteiger partial charge in [-0.25, -0.2) is 13.6 Å². The van der Waals surface area contributed by atoms with E-state index >= 15 is 0 Å². The molecule has 5 N–H and O–H groups in total. The summed E-state index contributed by atoms with van der Waals surface area (Å²) in [6.45, 7) is 3.72. The topological polar surface area (TPSA) is 115 Å². The fourth-order valence-electron chi connectivity index (χ4n) is 1.49. The second-order valence-corrected chi connectivity index (χ2v) is 5.90. The number of anilines is 1. The van der Waals surface area contributed by atoms with E-state index in [1.54, 1.807) is 0 Å². The van der Waals surface area contributed by atoms with Gasteiger partial charge in [-0.1, -0.05) is 13.8 Å². The highest BCUT2D eigenvalue weighted by atomic mass is 32.2. The summed E-state index contributed by atoms with van der Waals surface area (Å²) in [6, 6.07) is 5.31. The zero-order valence-electron chi connectivity index (χ0n) is 10.3. The van der Waals surface area contributed by atoms with Crippen molar-refractivity contribution < 1.29 is 13.2 Å². The van der Waals surface area contributed by atoms with Gasteiger partial charge in [0.05, 0.1) is 4.90 Å². The number of nitrogens with one attached hydrogen (secondary N) is 1. The summed E-state index contributed by atoms with van der Waals surface area (Å²) in [6.07, 6.45) is 0. The zero-order chi connectivity index (χ0) is 13.9. The van der Waals surface area contributed by atoms with E-state index in [0.29, 0.717) is 5.69 Å². The molecule has 0 aliphatic heterocycles. The second-order valence-electron chi connectivity index (χ2n) is 4.34. The molecule has 18 heavy (non-hydrogen) atoms. The van der Waals surface area contributed by atoms with Crippen LogP contribution in [0.1, 0.15) is 13.8 Å². The van der Waals surface area contributed by atoms with Crippen molar-refractivity contribution in [2.45, 2.75) is 24.8 Å². The monoisotopic (exact) mass is 271 g/mol. The van der Waals surface area contributed by atoms with E-state index in [1.165, 1.54) is 24.3 Å². The number of nitrogens with two attached hydrogens (primary N) is 2. The summed E-state index contributed by atoms with van der Waals surface area (Å²) in [7, 11) is -3.70. The fraction of sp³-hybridized carbons (Fsp3) is 0.364. The van der Waals surface area contributed by atoms with Crippen LogP contribution in [-0.2, 0) is 14.8 Å². The van der Waals surface area contributed by atoms with Gasteiger partial charge in [0, 0.05) is 5.69 Å². The molecule has 1 aromatic rings. The van der Waals surface area contributed by atoms with Crippen LogP contribution < -0.4 is 16.2 Å². The van der Waals surface area contributed by atoms with E-state index in [-0.39, 0.29) is 10.8 Å². The van der Waals surface area contributed by atoms with Crippen LogP contribution in [0.3, 0.4) is 0 Å². The Morgan fingerprint density at radius 1 is 1.22 bits per heavy atom. The average Bonchev–Trinajstić information content (AvgIpc) is 2.24. The molecule has 0 aliphatic carbocycles. The molecule has 1 unspecified atom stereocenters. The Hall–Kier alpha value is -1.60. The minimum absolute atomic E-state index is 0.0215. The normalized spacial score (nSPS) is 13.3. The maximum Gasteiger partial charge on any atom is 0.240 e. The molecule has 0 saturated heterocycles. The highest BCUT2D eigenvalue weighted by Crippen LogP contribution is 2.15. The van der Waals surface area contributed by atoms with Crippen molar-refractivity contribution in [1.82, 2.24) is 0 Å². The quantitative estimate of drug-likeness (QED) is 0.712. The van der Waals surface area contributed by atoms with Crippen LogP contribution in [0.2, 0.25) is 0 Å². The van der Waals surface area contributed by atoms with Gasteiger partial charge in [0.15, 0.2) is 0 Å². The molecule has 0 spiro atoms. The van der Waals surface area contributed by atoms with Crippen molar-refractivity contribution in [2.24, 2.45) is 16.8 Å². The molecular weight excluding hydrogens is 254 g/mol. The second kappa shape index (κ2) is 5.36. The fourth-order valence-corrected chi connectivity index (χ4v) is 2.00. The molecule has 100 valence electrons. The summed E-state index contributed by atoms with van der Waals surface area (Å²) in [5.74, 6) is -0.430. The maximum atomic E-state index is 11.2. The minimum atomic E-state index is -3.70. The van der Waals surface area contributed by atoms with Crippen molar-refractivity contribution in [2.75, 3.05) is 5.32 Å². The van der Waals surface area contributed by atoms with E-state index < -0.39 is 22.0 Å². The van der Waals surface area contributed by atoms with Gasteiger partial charge in [0.2, 0.25) is 15.9 Å². The lowest BCUT2D eigenvalue weighted by molar-refractivity contribution is -0.119. The number of hydrogen-bond acceptors (Lipinski definition) is 4. The lowest BCUT2D eigenvalue weighted by Crippen LogP contribution is -2.39. The van der Waals surface area contributed by atoms with Gasteiger partial charge < -0.3 is 11.1 Å². The van der Waals surface area contributed by atoms with E-state index in [0.717, 1.165) is 0 Å². The zero-order valence-corrected chi connectivity index (χ0v) is 11.1. The molecule has 7 heteroatoms. The van der Waals surface area contributed by atoms with Gasteiger partial charge in [-0.2, -0.15) is 0 Å². The van der Waals surface area contributed by atoms with E-state index in [4.69, 9.17) is 10.9 Å². The molecule has 0 aliphatic rings. The summed E-state index contributed by atoms with van der Waals surface area (Å²) in [5.41, 5.74) is 5.88. The van der Waals surface area contributed by atoms with Gasteiger partial charge in [0.25, 0.3) is 0 Å². The molecule has 0 bridgehead atoms. The first-order chi connectivity index (χ1) is 8.21. The van der Waals surface area contributed by atoms with Crippen molar-refractivity contribution in [1.29, 1.82) is 0 Å². The van der Waals surface area contributed by atoms with Crippen LogP contribution in [0.25, 0.3) is 0 Å². The van der Waals surface area contributed by atoms with Gasteiger partial charge in [0.1, 0.15) is 6.04 Å². The number of rotatable bonds is 5. The van der Waals surface area contributed by atoms with Crippen molar-refractivity contribution in [3.63, 3.8) is 0 Å². The Morgan fingerprint density at radius 3 is 2.06 bits per heavy atom. The van der Waals surface area contributed by atoms with Gasteiger partial charge in [-0.3, -0.25) is 4.79 Å². The summed E-state index contributed by atoms with van der Waals surface area (Å²) in [5, 5.41) is 7.93.